The van der Waals surface area contributed by atoms with Gasteiger partial charge >= 0.3 is 0 Å². The molecule has 7 heteroatoms. The Balaban J connectivity index is 1.47. The predicted octanol–water partition coefficient (Wildman–Crippen LogP) is 2.75. The number of likely N-dealkylation sites (tertiary alicyclic amines) is 1. The van der Waals surface area contributed by atoms with Gasteiger partial charge in [0.1, 0.15) is 23.7 Å². The molecule has 1 N–H and O–H groups in total. The number of fused-ring (bicyclic) bond motifs is 1. The molecule has 1 unspecified atom stereocenters. The van der Waals surface area contributed by atoms with Crippen molar-refractivity contribution in [2.45, 2.75) is 32.9 Å². The second-order valence-electron chi connectivity index (χ2n) is 7.50. The molecule has 6 nitrogen and oxygen atoms in total. The molecule has 4 rings (SSSR count). The van der Waals surface area contributed by atoms with Gasteiger partial charge in [-0.15, -0.1) is 0 Å². The third kappa shape index (κ3) is 4.00. The molecular weight excluding hydrogens is 359 g/mol. The second-order valence-corrected chi connectivity index (χ2v) is 7.50. The molecule has 0 bridgehead atoms. The number of hydrogen-bond donors (Lipinski definition) is 1. The third-order valence-corrected chi connectivity index (χ3v) is 5.73. The summed E-state index contributed by atoms with van der Waals surface area (Å²) in [4.78, 5) is 9.69. The van der Waals surface area contributed by atoms with Gasteiger partial charge in [0.2, 0.25) is 0 Å². The first-order chi connectivity index (χ1) is 13.7. The van der Waals surface area contributed by atoms with Crippen molar-refractivity contribution in [3.05, 3.63) is 35.3 Å². The van der Waals surface area contributed by atoms with Crippen LogP contribution in [-0.2, 0) is 11.3 Å². The fraction of sp³-hybridized carbons (Fsp3) is 0.571. The van der Waals surface area contributed by atoms with Gasteiger partial charge in [-0.2, -0.15) is 0 Å². The summed E-state index contributed by atoms with van der Waals surface area (Å²) in [5, 5.41) is 4.23. The number of rotatable bonds is 4. The zero-order valence-corrected chi connectivity index (χ0v) is 16.7. The van der Waals surface area contributed by atoms with Crippen LogP contribution in [0.25, 0.3) is 11.0 Å². The summed E-state index contributed by atoms with van der Waals surface area (Å²) < 4.78 is 24.9. The Morgan fingerprint density at radius 1 is 1.29 bits per heavy atom. The maximum Gasteiger partial charge on any atom is 0.194 e. The van der Waals surface area contributed by atoms with Crippen LogP contribution in [0.15, 0.2) is 27.6 Å². The van der Waals surface area contributed by atoms with E-state index in [1.165, 1.54) is 12.1 Å². The summed E-state index contributed by atoms with van der Waals surface area (Å²) in [5.41, 5.74) is 1.67. The highest BCUT2D eigenvalue weighted by Gasteiger charge is 2.30. The van der Waals surface area contributed by atoms with Crippen LogP contribution in [-0.4, -0.2) is 67.7 Å². The van der Waals surface area contributed by atoms with Crippen LogP contribution in [0.4, 0.5) is 4.39 Å². The fourth-order valence-electron chi connectivity index (χ4n) is 4.14. The lowest BCUT2D eigenvalue weighted by Crippen LogP contribution is -2.46. The largest absolute Gasteiger partial charge is 0.459 e. The Hall–Kier alpha value is -2.12. The predicted molar refractivity (Wildman–Crippen MR) is 108 cm³/mol. The zero-order chi connectivity index (χ0) is 19.5. The van der Waals surface area contributed by atoms with Crippen molar-refractivity contribution in [3.63, 3.8) is 0 Å². The number of halogens is 1. The SMILES string of the molecule is CCNC(=NCc1oc2ccc(F)cc2c1C)N1CCC(N2CCOCC2)C1. The van der Waals surface area contributed by atoms with E-state index in [0.29, 0.717) is 18.2 Å². The Bertz CT molecular complexity index is 844. The van der Waals surface area contributed by atoms with Gasteiger partial charge in [0, 0.05) is 49.7 Å². The molecule has 1 atom stereocenters. The van der Waals surface area contributed by atoms with Crippen LogP contribution >= 0.6 is 0 Å². The van der Waals surface area contributed by atoms with Gasteiger partial charge in [0.25, 0.3) is 0 Å². The number of furan rings is 1. The molecule has 152 valence electrons. The van der Waals surface area contributed by atoms with E-state index in [0.717, 1.165) is 75.0 Å². The van der Waals surface area contributed by atoms with Crippen LogP contribution in [0.2, 0.25) is 0 Å². The van der Waals surface area contributed by atoms with E-state index in [1.807, 2.05) is 6.92 Å². The molecule has 3 heterocycles. The van der Waals surface area contributed by atoms with Crippen LogP contribution in [0.1, 0.15) is 24.7 Å². The molecule has 2 aliphatic heterocycles. The number of ether oxygens (including phenoxy) is 1. The van der Waals surface area contributed by atoms with Crippen molar-refractivity contribution in [3.8, 4) is 0 Å². The maximum absolute atomic E-state index is 13.5. The number of hydrogen-bond acceptors (Lipinski definition) is 4. The van der Waals surface area contributed by atoms with Gasteiger partial charge in [-0.25, -0.2) is 9.38 Å². The quantitative estimate of drug-likeness (QED) is 0.645. The molecule has 2 aromatic rings. The van der Waals surface area contributed by atoms with Crippen LogP contribution in [0.5, 0.6) is 0 Å². The third-order valence-electron chi connectivity index (χ3n) is 5.73. The molecule has 28 heavy (non-hydrogen) atoms. The molecular formula is C21H29FN4O2. The molecule has 0 amide bonds. The van der Waals surface area contributed by atoms with Crippen molar-refractivity contribution < 1.29 is 13.5 Å². The number of nitrogens with zero attached hydrogens (tertiary/aromatic N) is 3. The average Bonchev–Trinajstić information content (AvgIpc) is 3.32. The molecule has 0 saturated carbocycles. The number of nitrogens with one attached hydrogen (secondary N) is 1. The van der Waals surface area contributed by atoms with Crippen molar-refractivity contribution in [1.82, 2.24) is 15.1 Å². The van der Waals surface area contributed by atoms with E-state index in [9.17, 15) is 4.39 Å². The van der Waals surface area contributed by atoms with Crippen molar-refractivity contribution in [2.24, 2.45) is 4.99 Å². The van der Waals surface area contributed by atoms with Crippen LogP contribution < -0.4 is 5.32 Å². The normalized spacial score (nSPS) is 21.6. The van der Waals surface area contributed by atoms with Crippen LogP contribution in [0.3, 0.4) is 0 Å². The molecule has 2 fully saturated rings. The molecule has 2 aliphatic rings. The molecule has 0 aliphatic carbocycles. The van der Waals surface area contributed by atoms with E-state index in [1.54, 1.807) is 6.07 Å². The van der Waals surface area contributed by atoms with E-state index < -0.39 is 0 Å². The fourth-order valence-corrected chi connectivity index (χ4v) is 4.14. The number of benzene rings is 1. The Morgan fingerprint density at radius 2 is 2.11 bits per heavy atom. The monoisotopic (exact) mass is 388 g/mol. The maximum atomic E-state index is 13.5. The van der Waals surface area contributed by atoms with E-state index in [4.69, 9.17) is 14.1 Å². The van der Waals surface area contributed by atoms with Gasteiger partial charge in [0.15, 0.2) is 5.96 Å². The van der Waals surface area contributed by atoms with Gasteiger partial charge in [0.05, 0.1) is 13.2 Å². The molecule has 2 saturated heterocycles. The van der Waals surface area contributed by atoms with Gasteiger partial charge in [-0.05, 0) is 38.5 Å². The van der Waals surface area contributed by atoms with Gasteiger partial charge < -0.3 is 19.4 Å². The van der Waals surface area contributed by atoms with Crippen LogP contribution in [0, 0.1) is 12.7 Å². The minimum atomic E-state index is -0.244. The summed E-state index contributed by atoms with van der Waals surface area (Å²) in [7, 11) is 0. The van der Waals surface area contributed by atoms with E-state index in [2.05, 4.69) is 22.0 Å². The average molecular weight is 388 g/mol. The molecule has 0 radical (unpaired) electrons. The van der Waals surface area contributed by atoms with E-state index in [-0.39, 0.29) is 5.82 Å². The summed E-state index contributed by atoms with van der Waals surface area (Å²) in [6, 6.07) is 5.20. The Morgan fingerprint density at radius 3 is 2.89 bits per heavy atom. The van der Waals surface area contributed by atoms with Gasteiger partial charge in [-0.1, -0.05) is 0 Å². The lowest BCUT2D eigenvalue weighted by Gasteiger charge is -2.32. The lowest BCUT2D eigenvalue weighted by atomic mass is 10.1. The molecule has 1 aromatic carbocycles. The highest BCUT2D eigenvalue weighted by atomic mass is 19.1. The summed E-state index contributed by atoms with van der Waals surface area (Å²) in [6.07, 6.45) is 1.15. The molecule has 0 spiro atoms. The number of guanidine groups is 1. The van der Waals surface area contributed by atoms with Crippen molar-refractivity contribution >= 4 is 16.9 Å². The highest BCUT2D eigenvalue weighted by molar-refractivity contribution is 5.83. The number of aliphatic imine (C=N–C) groups is 1. The zero-order valence-electron chi connectivity index (χ0n) is 16.7. The smallest absolute Gasteiger partial charge is 0.194 e. The standard InChI is InChI=1S/C21H29FN4O2/c1-3-23-21(26-7-6-17(14-26)25-8-10-27-11-9-25)24-13-20-15(2)18-12-16(22)4-5-19(18)28-20/h4-5,12,17H,3,6-11,13-14H2,1-2H3,(H,23,24). The summed E-state index contributed by atoms with van der Waals surface area (Å²) in [6.45, 7) is 11.0. The van der Waals surface area contributed by atoms with E-state index >= 15 is 0 Å². The van der Waals surface area contributed by atoms with Crippen molar-refractivity contribution in [2.75, 3.05) is 45.9 Å². The minimum absolute atomic E-state index is 0.244. The van der Waals surface area contributed by atoms with Crippen molar-refractivity contribution in [1.29, 1.82) is 0 Å². The summed E-state index contributed by atoms with van der Waals surface area (Å²) in [5.74, 6) is 1.47. The first-order valence-corrected chi connectivity index (χ1v) is 10.2. The van der Waals surface area contributed by atoms with Gasteiger partial charge in [-0.3, -0.25) is 4.90 Å². The lowest BCUT2D eigenvalue weighted by molar-refractivity contribution is 0.0195. The first-order valence-electron chi connectivity index (χ1n) is 10.2. The Kier molecular flexibility index (Phi) is 5.82. The molecule has 1 aromatic heterocycles. The number of morpholine rings is 1. The summed E-state index contributed by atoms with van der Waals surface area (Å²) >= 11 is 0. The first kappa shape index (κ1) is 19.2. The second kappa shape index (κ2) is 8.49. The minimum Gasteiger partial charge on any atom is -0.459 e. The topological polar surface area (TPSA) is 53.2 Å². The Labute approximate surface area is 165 Å². The highest BCUT2D eigenvalue weighted by Crippen LogP contribution is 2.26. The number of aryl methyl sites for hydroxylation is 1.